The molecule has 1 fully saturated rings. The number of benzene rings is 1. The third kappa shape index (κ3) is 2.77. The van der Waals surface area contributed by atoms with Crippen molar-refractivity contribution in [2.45, 2.75) is 31.7 Å². The summed E-state index contributed by atoms with van der Waals surface area (Å²) in [6.07, 6.45) is 4.57. The molecule has 1 unspecified atom stereocenters. The van der Waals surface area contributed by atoms with Crippen molar-refractivity contribution in [2.24, 2.45) is 0 Å². The molecule has 2 heterocycles. The van der Waals surface area contributed by atoms with Crippen molar-refractivity contribution in [3.8, 4) is 0 Å². The number of halogens is 1. The van der Waals surface area contributed by atoms with Crippen LogP contribution in [0.25, 0.3) is 10.1 Å². The van der Waals surface area contributed by atoms with Crippen molar-refractivity contribution in [3.05, 3.63) is 35.2 Å². The van der Waals surface area contributed by atoms with Gasteiger partial charge in [0.15, 0.2) is 0 Å². The lowest BCUT2D eigenvalue weighted by molar-refractivity contribution is 0.0615. The molecule has 1 aromatic heterocycles. The summed E-state index contributed by atoms with van der Waals surface area (Å²) in [6, 6.07) is 10.7. The van der Waals surface area contributed by atoms with Crippen LogP contribution in [0.2, 0.25) is 0 Å². The molecule has 2 aromatic rings. The van der Waals surface area contributed by atoms with E-state index in [-0.39, 0.29) is 5.91 Å². The summed E-state index contributed by atoms with van der Waals surface area (Å²) in [5.41, 5.74) is 0. The Labute approximate surface area is 131 Å². The SMILES string of the molecule is O=C(c1cc2ccccc2s1)N1CCCCC1CCBr. The predicted octanol–water partition coefficient (Wildman–Crippen LogP) is 4.68. The predicted molar refractivity (Wildman–Crippen MR) is 88.9 cm³/mol. The Kier molecular flexibility index (Phi) is 4.41. The topological polar surface area (TPSA) is 20.3 Å². The van der Waals surface area contributed by atoms with Gasteiger partial charge in [0.1, 0.15) is 0 Å². The van der Waals surface area contributed by atoms with Crippen LogP contribution in [-0.2, 0) is 0 Å². The van der Waals surface area contributed by atoms with Gasteiger partial charge in [-0.15, -0.1) is 11.3 Å². The minimum atomic E-state index is 0.219. The first-order chi connectivity index (χ1) is 9.79. The molecule has 0 aliphatic carbocycles. The number of piperidine rings is 1. The number of rotatable bonds is 3. The minimum Gasteiger partial charge on any atom is -0.335 e. The third-order valence-electron chi connectivity index (χ3n) is 3.97. The number of likely N-dealkylation sites (tertiary alicyclic amines) is 1. The molecule has 1 saturated heterocycles. The standard InChI is InChI=1S/C16H18BrNOS/c17-9-8-13-6-3-4-10-18(13)16(19)15-11-12-5-1-2-7-14(12)20-15/h1-2,5,7,11,13H,3-4,6,8-10H2. The maximum Gasteiger partial charge on any atom is 0.264 e. The number of fused-ring (bicyclic) bond motifs is 1. The maximum absolute atomic E-state index is 12.8. The van der Waals surface area contributed by atoms with Crippen LogP contribution < -0.4 is 0 Å². The van der Waals surface area contributed by atoms with E-state index >= 15 is 0 Å². The van der Waals surface area contributed by atoms with Gasteiger partial charge in [-0.1, -0.05) is 34.1 Å². The minimum absolute atomic E-state index is 0.219. The lowest BCUT2D eigenvalue weighted by Crippen LogP contribution is -2.43. The summed E-state index contributed by atoms with van der Waals surface area (Å²) in [4.78, 5) is 15.8. The summed E-state index contributed by atoms with van der Waals surface area (Å²) >= 11 is 5.13. The molecule has 106 valence electrons. The Balaban J connectivity index is 1.86. The van der Waals surface area contributed by atoms with Crippen molar-refractivity contribution < 1.29 is 4.79 Å². The second-order valence-electron chi connectivity index (χ2n) is 5.27. The first-order valence-electron chi connectivity index (χ1n) is 7.15. The molecule has 0 bridgehead atoms. The van der Waals surface area contributed by atoms with E-state index in [4.69, 9.17) is 0 Å². The van der Waals surface area contributed by atoms with Gasteiger partial charge in [0.25, 0.3) is 5.91 Å². The van der Waals surface area contributed by atoms with Gasteiger partial charge in [-0.05, 0) is 43.2 Å². The number of hydrogen-bond donors (Lipinski definition) is 0. The Morgan fingerprint density at radius 2 is 2.20 bits per heavy atom. The van der Waals surface area contributed by atoms with Gasteiger partial charge in [-0.3, -0.25) is 4.79 Å². The van der Waals surface area contributed by atoms with Gasteiger partial charge < -0.3 is 4.90 Å². The monoisotopic (exact) mass is 351 g/mol. The van der Waals surface area contributed by atoms with Crippen molar-refractivity contribution in [1.82, 2.24) is 4.90 Å². The molecule has 0 saturated carbocycles. The molecule has 1 aliphatic heterocycles. The Morgan fingerprint density at radius 1 is 1.35 bits per heavy atom. The lowest BCUT2D eigenvalue weighted by Gasteiger charge is -2.35. The van der Waals surface area contributed by atoms with E-state index < -0.39 is 0 Å². The molecule has 1 atom stereocenters. The fourth-order valence-corrected chi connectivity index (χ4v) is 4.47. The average Bonchev–Trinajstić information content (AvgIpc) is 2.91. The highest BCUT2D eigenvalue weighted by Crippen LogP contribution is 2.29. The van der Waals surface area contributed by atoms with Crippen molar-refractivity contribution in [2.75, 3.05) is 11.9 Å². The third-order valence-corrected chi connectivity index (χ3v) is 5.53. The fourth-order valence-electron chi connectivity index (χ4n) is 2.92. The molecule has 0 radical (unpaired) electrons. The van der Waals surface area contributed by atoms with Crippen molar-refractivity contribution in [3.63, 3.8) is 0 Å². The van der Waals surface area contributed by atoms with E-state index in [1.54, 1.807) is 11.3 Å². The summed E-state index contributed by atoms with van der Waals surface area (Å²) in [5.74, 6) is 0.219. The van der Waals surface area contributed by atoms with Crippen LogP contribution in [0, 0.1) is 0 Å². The van der Waals surface area contributed by atoms with Crippen LogP contribution in [0.3, 0.4) is 0 Å². The first-order valence-corrected chi connectivity index (χ1v) is 9.09. The van der Waals surface area contributed by atoms with Gasteiger partial charge >= 0.3 is 0 Å². The van der Waals surface area contributed by atoms with Crippen molar-refractivity contribution >= 4 is 43.3 Å². The van der Waals surface area contributed by atoms with E-state index in [0.29, 0.717) is 6.04 Å². The molecular weight excluding hydrogens is 334 g/mol. The van der Waals surface area contributed by atoms with E-state index in [2.05, 4.69) is 33.0 Å². The molecular formula is C16H18BrNOS. The van der Waals surface area contributed by atoms with Crippen LogP contribution in [-0.4, -0.2) is 28.7 Å². The number of alkyl halides is 1. The number of amides is 1. The van der Waals surface area contributed by atoms with E-state index in [9.17, 15) is 4.79 Å². The Bertz CT molecular complexity index is 574. The highest BCUT2D eigenvalue weighted by molar-refractivity contribution is 9.09. The van der Waals surface area contributed by atoms with Crippen molar-refractivity contribution in [1.29, 1.82) is 0 Å². The smallest absolute Gasteiger partial charge is 0.264 e. The second-order valence-corrected chi connectivity index (χ2v) is 7.15. The summed E-state index contributed by atoms with van der Waals surface area (Å²) < 4.78 is 1.20. The highest BCUT2D eigenvalue weighted by atomic mass is 79.9. The molecule has 3 rings (SSSR count). The summed E-state index contributed by atoms with van der Waals surface area (Å²) in [6.45, 7) is 0.907. The molecule has 0 N–H and O–H groups in total. The zero-order valence-electron chi connectivity index (χ0n) is 11.3. The molecule has 20 heavy (non-hydrogen) atoms. The Hall–Kier alpha value is -0.870. The molecule has 2 nitrogen and oxygen atoms in total. The summed E-state index contributed by atoms with van der Waals surface area (Å²) in [7, 11) is 0. The van der Waals surface area contributed by atoms with Crippen LogP contribution in [0.5, 0.6) is 0 Å². The molecule has 1 aromatic carbocycles. The number of thiophene rings is 1. The van der Waals surface area contributed by atoms with Gasteiger partial charge in [0, 0.05) is 22.6 Å². The largest absolute Gasteiger partial charge is 0.335 e. The second kappa shape index (κ2) is 6.27. The van der Waals surface area contributed by atoms with Gasteiger partial charge in [-0.2, -0.15) is 0 Å². The zero-order valence-corrected chi connectivity index (χ0v) is 13.8. The average molecular weight is 352 g/mol. The quantitative estimate of drug-likeness (QED) is 0.735. The van der Waals surface area contributed by atoms with Crippen LogP contribution in [0.4, 0.5) is 0 Å². The van der Waals surface area contributed by atoms with E-state index in [1.807, 2.05) is 18.2 Å². The lowest BCUT2D eigenvalue weighted by atomic mass is 10.00. The molecule has 1 amide bonds. The van der Waals surface area contributed by atoms with Gasteiger partial charge in [0.2, 0.25) is 0 Å². The Morgan fingerprint density at radius 3 is 3.00 bits per heavy atom. The van der Waals surface area contributed by atoms with Crippen LogP contribution >= 0.6 is 27.3 Å². The number of nitrogens with zero attached hydrogens (tertiary/aromatic N) is 1. The number of hydrogen-bond acceptors (Lipinski definition) is 2. The zero-order chi connectivity index (χ0) is 13.9. The molecule has 1 aliphatic rings. The number of carbonyl (C=O) groups is 1. The van der Waals surface area contributed by atoms with Crippen LogP contribution in [0.1, 0.15) is 35.4 Å². The van der Waals surface area contributed by atoms with Gasteiger partial charge in [0.05, 0.1) is 4.88 Å². The number of carbonyl (C=O) groups excluding carboxylic acids is 1. The van der Waals surface area contributed by atoms with E-state index in [0.717, 1.165) is 36.0 Å². The first kappa shape index (κ1) is 14.1. The van der Waals surface area contributed by atoms with E-state index in [1.165, 1.54) is 16.5 Å². The highest BCUT2D eigenvalue weighted by Gasteiger charge is 2.27. The maximum atomic E-state index is 12.8. The molecule has 4 heteroatoms. The fraction of sp³-hybridized carbons (Fsp3) is 0.438. The summed E-state index contributed by atoms with van der Waals surface area (Å²) in [5, 5.41) is 2.14. The van der Waals surface area contributed by atoms with Crippen LogP contribution in [0.15, 0.2) is 30.3 Å². The molecule has 0 spiro atoms. The normalized spacial score (nSPS) is 19.4. The van der Waals surface area contributed by atoms with Gasteiger partial charge in [-0.25, -0.2) is 0 Å².